The second-order valence-corrected chi connectivity index (χ2v) is 5.62. The SMILES string of the molecule is COc1cc(C)c(Br)cc1C(O)C1CCCOC1. The van der Waals surface area contributed by atoms with Crippen molar-refractivity contribution in [3.05, 3.63) is 27.7 Å². The van der Waals surface area contributed by atoms with Crippen LogP contribution in [0.4, 0.5) is 0 Å². The molecule has 1 aromatic rings. The van der Waals surface area contributed by atoms with Crippen LogP contribution >= 0.6 is 15.9 Å². The molecule has 1 heterocycles. The van der Waals surface area contributed by atoms with Gasteiger partial charge in [0, 0.05) is 22.6 Å². The molecular formula is C14H19BrO3. The zero-order valence-corrected chi connectivity index (χ0v) is 12.4. The van der Waals surface area contributed by atoms with E-state index in [1.54, 1.807) is 7.11 Å². The Bertz CT molecular complexity index is 414. The van der Waals surface area contributed by atoms with Gasteiger partial charge in [0.25, 0.3) is 0 Å². The third-order valence-electron chi connectivity index (χ3n) is 3.47. The maximum Gasteiger partial charge on any atom is 0.125 e. The minimum absolute atomic E-state index is 0.155. The summed E-state index contributed by atoms with van der Waals surface area (Å²) in [7, 11) is 1.64. The van der Waals surface area contributed by atoms with Crippen molar-refractivity contribution in [1.82, 2.24) is 0 Å². The van der Waals surface area contributed by atoms with Crippen LogP contribution in [-0.4, -0.2) is 25.4 Å². The number of methoxy groups -OCH3 is 1. The molecule has 2 atom stereocenters. The van der Waals surface area contributed by atoms with Gasteiger partial charge in [0.05, 0.1) is 19.8 Å². The molecule has 0 spiro atoms. The molecule has 0 radical (unpaired) electrons. The van der Waals surface area contributed by atoms with Crippen molar-refractivity contribution >= 4 is 15.9 Å². The fourth-order valence-corrected chi connectivity index (χ4v) is 2.71. The highest BCUT2D eigenvalue weighted by molar-refractivity contribution is 9.10. The molecule has 3 nitrogen and oxygen atoms in total. The molecular weight excluding hydrogens is 296 g/mol. The zero-order valence-electron chi connectivity index (χ0n) is 10.8. The molecule has 0 aromatic heterocycles. The molecule has 1 aliphatic heterocycles. The average Bonchev–Trinajstić information content (AvgIpc) is 2.41. The maximum absolute atomic E-state index is 10.5. The Balaban J connectivity index is 2.27. The minimum atomic E-state index is -0.530. The average molecular weight is 315 g/mol. The van der Waals surface area contributed by atoms with Gasteiger partial charge in [-0.3, -0.25) is 0 Å². The highest BCUT2D eigenvalue weighted by Crippen LogP contribution is 2.36. The highest BCUT2D eigenvalue weighted by Gasteiger charge is 2.26. The number of ether oxygens (including phenoxy) is 2. The summed E-state index contributed by atoms with van der Waals surface area (Å²) >= 11 is 3.50. The Hall–Kier alpha value is -0.580. The molecule has 1 saturated heterocycles. The number of halogens is 1. The summed E-state index contributed by atoms with van der Waals surface area (Å²) in [4.78, 5) is 0. The number of hydrogen-bond acceptors (Lipinski definition) is 3. The lowest BCUT2D eigenvalue weighted by Crippen LogP contribution is -2.24. The van der Waals surface area contributed by atoms with Gasteiger partial charge in [-0.2, -0.15) is 0 Å². The summed E-state index contributed by atoms with van der Waals surface area (Å²) in [6, 6.07) is 3.90. The van der Waals surface area contributed by atoms with Gasteiger partial charge in [-0.25, -0.2) is 0 Å². The van der Waals surface area contributed by atoms with E-state index in [-0.39, 0.29) is 5.92 Å². The first-order valence-electron chi connectivity index (χ1n) is 6.23. The molecule has 0 saturated carbocycles. The van der Waals surface area contributed by atoms with E-state index in [9.17, 15) is 5.11 Å². The Morgan fingerprint density at radius 1 is 1.50 bits per heavy atom. The Kier molecular flexibility index (Phi) is 4.65. The van der Waals surface area contributed by atoms with Gasteiger partial charge in [0.15, 0.2) is 0 Å². The smallest absolute Gasteiger partial charge is 0.125 e. The standard InChI is InChI=1S/C14H19BrO3/c1-9-6-13(17-2)11(7-12(9)15)14(16)10-4-3-5-18-8-10/h6-7,10,14,16H,3-5,8H2,1-2H3. The van der Waals surface area contributed by atoms with Crippen molar-refractivity contribution < 1.29 is 14.6 Å². The van der Waals surface area contributed by atoms with Crippen molar-refractivity contribution in [2.75, 3.05) is 20.3 Å². The first kappa shape index (κ1) is 13.8. The molecule has 18 heavy (non-hydrogen) atoms. The minimum Gasteiger partial charge on any atom is -0.496 e. The van der Waals surface area contributed by atoms with Gasteiger partial charge < -0.3 is 14.6 Å². The van der Waals surface area contributed by atoms with Gasteiger partial charge in [-0.15, -0.1) is 0 Å². The van der Waals surface area contributed by atoms with Gasteiger partial charge in [-0.1, -0.05) is 15.9 Å². The van der Waals surface area contributed by atoms with Crippen LogP contribution in [0.25, 0.3) is 0 Å². The molecule has 0 amide bonds. The fraction of sp³-hybridized carbons (Fsp3) is 0.571. The summed E-state index contributed by atoms with van der Waals surface area (Å²) in [6.07, 6.45) is 1.48. The predicted molar refractivity (Wildman–Crippen MR) is 73.9 cm³/mol. The fourth-order valence-electron chi connectivity index (χ4n) is 2.35. The van der Waals surface area contributed by atoms with Crippen molar-refractivity contribution in [2.24, 2.45) is 5.92 Å². The lowest BCUT2D eigenvalue weighted by molar-refractivity contribution is -0.0107. The number of rotatable bonds is 3. The van der Waals surface area contributed by atoms with Crippen LogP contribution < -0.4 is 4.74 Å². The molecule has 1 aliphatic rings. The van der Waals surface area contributed by atoms with Crippen LogP contribution in [0.15, 0.2) is 16.6 Å². The molecule has 0 aliphatic carbocycles. The van der Waals surface area contributed by atoms with E-state index >= 15 is 0 Å². The Morgan fingerprint density at radius 2 is 2.28 bits per heavy atom. The van der Waals surface area contributed by atoms with Crippen LogP contribution in [0.1, 0.15) is 30.1 Å². The summed E-state index contributed by atoms with van der Waals surface area (Å²) in [6.45, 7) is 3.43. The van der Waals surface area contributed by atoms with Gasteiger partial charge >= 0.3 is 0 Å². The number of aryl methyl sites for hydroxylation is 1. The second kappa shape index (κ2) is 6.04. The van der Waals surface area contributed by atoms with Crippen molar-refractivity contribution in [2.45, 2.75) is 25.9 Å². The molecule has 4 heteroatoms. The van der Waals surface area contributed by atoms with Crippen LogP contribution in [0.3, 0.4) is 0 Å². The lowest BCUT2D eigenvalue weighted by atomic mass is 9.90. The summed E-state index contributed by atoms with van der Waals surface area (Å²) < 4.78 is 11.8. The summed E-state index contributed by atoms with van der Waals surface area (Å²) in [5.41, 5.74) is 1.94. The molecule has 2 unspecified atom stereocenters. The monoisotopic (exact) mass is 314 g/mol. The first-order chi connectivity index (χ1) is 8.63. The number of aliphatic hydroxyl groups excluding tert-OH is 1. The molecule has 2 rings (SSSR count). The van der Waals surface area contributed by atoms with Gasteiger partial charge in [0.2, 0.25) is 0 Å². The first-order valence-corrected chi connectivity index (χ1v) is 7.02. The van der Waals surface area contributed by atoms with E-state index in [0.29, 0.717) is 6.61 Å². The van der Waals surface area contributed by atoms with E-state index in [0.717, 1.165) is 40.8 Å². The van der Waals surface area contributed by atoms with Crippen LogP contribution in [0, 0.1) is 12.8 Å². The van der Waals surface area contributed by atoms with Crippen molar-refractivity contribution in [3.8, 4) is 5.75 Å². The highest BCUT2D eigenvalue weighted by atomic mass is 79.9. The molecule has 0 bridgehead atoms. The topological polar surface area (TPSA) is 38.7 Å². The number of aliphatic hydroxyl groups is 1. The molecule has 1 aromatic carbocycles. The van der Waals surface area contributed by atoms with Crippen molar-refractivity contribution in [1.29, 1.82) is 0 Å². The lowest BCUT2D eigenvalue weighted by Gasteiger charge is -2.28. The summed E-state index contributed by atoms with van der Waals surface area (Å²) in [5, 5.41) is 10.5. The quantitative estimate of drug-likeness (QED) is 0.931. The number of benzene rings is 1. The zero-order chi connectivity index (χ0) is 13.1. The van der Waals surface area contributed by atoms with Crippen LogP contribution in [0.5, 0.6) is 5.75 Å². The van der Waals surface area contributed by atoms with Crippen LogP contribution in [-0.2, 0) is 4.74 Å². The normalized spacial score (nSPS) is 21.7. The van der Waals surface area contributed by atoms with E-state index < -0.39 is 6.10 Å². The number of hydrogen-bond donors (Lipinski definition) is 1. The molecule has 1 N–H and O–H groups in total. The third kappa shape index (κ3) is 2.87. The molecule has 1 fully saturated rings. The predicted octanol–water partition coefficient (Wildman–Crippen LogP) is 3.23. The van der Waals surface area contributed by atoms with Crippen LogP contribution in [0.2, 0.25) is 0 Å². The third-order valence-corrected chi connectivity index (χ3v) is 4.33. The van der Waals surface area contributed by atoms with E-state index in [1.165, 1.54) is 0 Å². The van der Waals surface area contributed by atoms with Crippen molar-refractivity contribution in [3.63, 3.8) is 0 Å². The maximum atomic E-state index is 10.5. The van der Waals surface area contributed by atoms with E-state index in [4.69, 9.17) is 9.47 Å². The Labute approximate surface area is 116 Å². The van der Waals surface area contributed by atoms with E-state index in [2.05, 4.69) is 15.9 Å². The Morgan fingerprint density at radius 3 is 2.89 bits per heavy atom. The van der Waals surface area contributed by atoms with Gasteiger partial charge in [0.1, 0.15) is 5.75 Å². The molecule has 100 valence electrons. The van der Waals surface area contributed by atoms with E-state index in [1.807, 2.05) is 19.1 Å². The second-order valence-electron chi connectivity index (χ2n) is 4.77. The largest absolute Gasteiger partial charge is 0.496 e. The summed E-state index contributed by atoms with van der Waals surface area (Å²) in [5.74, 6) is 0.899. The van der Waals surface area contributed by atoms with Gasteiger partial charge in [-0.05, 0) is 37.5 Å².